The van der Waals surface area contributed by atoms with Gasteiger partial charge in [0, 0.05) is 31.6 Å². The summed E-state index contributed by atoms with van der Waals surface area (Å²) < 4.78 is 0. The Bertz CT molecular complexity index is 501. The molecule has 0 spiro atoms. The Morgan fingerprint density at radius 3 is 3.00 bits per heavy atom. The number of nitrogens with one attached hydrogen (secondary N) is 2. The summed E-state index contributed by atoms with van der Waals surface area (Å²) in [6.45, 7) is 2.46. The zero-order valence-electron chi connectivity index (χ0n) is 10.7. The Morgan fingerprint density at radius 2 is 2.32 bits per heavy atom. The molecule has 1 amide bonds. The van der Waals surface area contributed by atoms with E-state index in [1.165, 1.54) is 11.8 Å². The molecule has 0 aromatic carbocycles. The molecule has 0 aliphatic rings. The van der Waals surface area contributed by atoms with Gasteiger partial charge in [0.15, 0.2) is 0 Å². The topological polar surface area (TPSA) is 70.7 Å². The summed E-state index contributed by atoms with van der Waals surface area (Å²) in [5, 5.41) is 3.59. The van der Waals surface area contributed by atoms with Crippen LogP contribution >= 0.6 is 11.8 Å². The highest BCUT2D eigenvalue weighted by molar-refractivity contribution is 8.00. The van der Waals surface area contributed by atoms with Gasteiger partial charge in [0.2, 0.25) is 5.91 Å². The molecule has 1 atom stereocenters. The zero-order valence-corrected chi connectivity index (χ0v) is 11.5. The highest BCUT2D eigenvalue weighted by Crippen LogP contribution is 2.20. The summed E-state index contributed by atoms with van der Waals surface area (Å²) in [4.78, 5) is 23.2. The lowest BCUT2D eigenvalue weighted by Crippen LogP contribution is -2.32. The minimum Gasteiger partial charge on any atom is -0.355 e. The minimum atomic E-state index is -0.161. The highest BCUT2D eigenvalue weighted by Gasteiger charge is 2.14. The average Bonchev–Trinajstić information content (AvgIpc) is 2.93. The number of imidazole rings is 1. The molecule has 0 fully saturated rings. The van der Waals surface area contributed by atoms with Crippen molar-refractivity contribution in [2.45, 2.75) is 23.6 Å². The van der Waals surface area contributed by atoms with Crippen LogP contribution in [0.15, 0.2) is 41.8 Å². The first kappa shape index (κ1) is 13.6. The number of aromatic nitrogens is 3. The van der Waals surface area contributed by atoms with Gasteiger partial charge in [-0.25, -0.2) is 9.97 Å². The van der Waals surface area contributed by atoms with Crippen molar-refractivity contribution < 1.29 is 4.79 Å². The molecule has 0 aliphatic carbocycles. The van der Waals surface area contributed by atoms with Gasteiger partial charge in [-0.05, 0) is 19.1 Å². The van der Waals surface area contributed by atoms with E-state index in [1.54, 1.807) is 18.6 Å². The lowest BCUT2D eigenvalue weighted by molar-refractivity contribution is -0.120. The molecule has 2 aromatic heterocycles. The average molecular weight is 276 g/mol. The van der Waals surface area contributed by atoms with Crippen LogP contribution in [0.4, 0.5) is 0 Å². The van der Waals surface area contributed by atoms with E-state index in [9.17, 15) is 4.79 Å². The molecule has 0 saturated heterocycles. The van der Waals surface area contributed by atoms with E-state index in [0.29, 0.717) is 13.0 Å². The maximum atomic E-state index is 11.9. The van der Waals surface area contributed by atoms with Crippen molar-refractivity contribution in [1.29, 1.82) is 0 Å². The lowest BCUT2D eigenvalue weighted by Gasteiger charge is -2.10. The van der Waals surface area contributed by atoms with Crippen molar-refractivity contribution >= 4 is 17.7 Å². The monoisotopic (exact) mass is 276 g/mol. The van der Waals surface area contributed by atoms with Gasteiger partial charge in [-0.2, -0.15) is 0 Å². The van der Waals surface area contributed by atoms with Crippen LogP contribution in [-0.4, -0.2) is 32.7 Å². The summed E-state index contributed by atoms with van der Waals surface area (Å²) in [6, 6.07) is 5.67. The van der Waals surface area contributed by atoms with Crippen molar-refractivity contribution in [1.82, 2.24) is 20.3 Å². The second-order valence-corrected chi connectivity index (χ2v) is 5.37. The summed E-state index contributed by atoms with van der Waals surface area (Å²) in [7, 11) is 0. The zero-order chi connectivity index (χ0) is 13.5. The number of hydrogen-bond donors (Lipinski definition) is 2. The Balaban J connectivity index is 1.73. The molecule has 0 radical (unpaired) electrons. The fourth-order valence-corrected chi connectivity index (χ4v) is 2.37. The van der Waals surface area contributed by atoms with Gasteiger partial charge in [-0.15, -0.1) is 0 Å². The van der Waals surface area contributed by atoms with Crippen molar-refractivity contribution in [3.63, 3.8) is 0 Å². The molecule has 0 aliphatic heterocycles. The molecule has 100 valence electrons. The molecule has 2 N–H and O–H groups in total. The first-order chi connectivity index (χ1) is 9.25. The van der Waals surface area contributed by atoms with Crippen molar-refractivity contribution in [2.24, 2.45) is 0 Å². The number of H-pyrrole nitrogens is 1. The SMILES string of the molecule is C[C@H](Sc1ccccn1)C(=O)NCCc1ncc[nH]1. The van der Waals surface area contributed by atoms with Gasteiger partial charge in [0.25, 0.3) is 0 Å². The molecular formula is C13H16N4OS. The predicted octanol–water partition coefficient (Wildman–Crippen LogP) is 1.64. The van der Waals surface area contributed by atoms with Gasteiger partial charge < -0.3 is 10.3 Å². The van der Waals surface area contributed by atoms with E-state index in [2.05, 4.69) is 20.3 Å². The highest BCUT2D eigenvalue weighted by atomic mass is 32.2. The van der Waals surface area contributed by atoms with E-state index in [-0.39, 0.29) is 11.2 Å². The third-order valence-electron chi connectivity index (χ3n) is 2.52. The summed E-state index contributed by atoms with van der Waals surface area (Å²) in [6.07, 6.45) is 5.91. The van der Waals surface area contributed by atoms with Crippen LogP contribution in [0.5, 0.6) is 0 Å². The third kappa shape index (κ3) is 4.40. The largest absolute Gasteiger partial charge is 0.355 e. The van der Waals surface area contributed by atoms with E-state index < -0.39 is 0 Å². The number of pyridine rings is 1. The van der Waals surface area contributed by atoms with Gasteiger partial charge in [0.1, 0.15) is 5.82 Å². The van der Waals surface area contributed by atoms with E-state index in [4.69, 9.17) is 0 Å². The van der Waals surface area contributed by atoms with E-state index in [0.717, 1.165) is 10.9 Å². The molecule has 2 aromatic rings. The Labute approximate surface area is 116 Å². The second kappa shape index (κ2) is 6.94. The molecule has 2 heterocycles. The van der Waals surface area contributed by atoms with E-state index >= 15 is 0 Å². The Morgan fingerprint density at radius 1 is 1.42 bits per heavy atom. The van der Waals surface area contributed by atoms with Crippen LogP contribution in [0.2, 0.25) is 0 Å². The molecule has 2 rings (SSSR count). The van der Waals surface area contributed by atoms with Crippen LogP contribution in [0.1, 0.15) is 12.7 Å². The molecular weight excluding hydrogens is 260 g/mol. The molecule has 0 unspecified atom stereocenters. The van der Waals surface area contributed by atoms with Crippen LogP contribution in [0.25, 0.3) is 0 Å². The number of nitrogens with zero attached hydrogens (tertiary/aromatic N) is 2. The van der Waals surface area contributed by atoms with E-state index in [1.807, 2.05) is 25.1 Å². The number of amides is 1. The standard InChI is InChI=1S/C13H16N4OS/c1-10(19-12-4-2-3-6-16-12)13(18)17-7-5-11-14-8-9-15-11/h2-4,6,8-10H,5,7H2,1H3,(H,14,15)(H,17,18)/t10-/m0/s1. The fourth-order valence-electron chi connectivity index (χ4n) is 1.53. The van der Waals surface area contributed by atoms with Crippen molar-refractivity contribution in [3.05, 3.63) is 42.6 Å². The predicted molar refractivity (Wildman–Crippen MR) is 74.9 cm³/mol. The minimum absolute atomic E-state index is 0.0159. The quantitative estimate of drug-likeness (QED) is 0.787. The molecule has 5 nitrogen and oxygen atoms in total. The normalized spacial score (nSPS) is 12.1. The van der Waals surface area contributed by atoms with Crippen LogP contribution in [0.3, 0.4) is 0 Å². The lowest BCUT2D eigenvalue weighted by atomic mass is 10.4. The molecule has 19 heavy (non-hydrogen) atoms. The molecule has 6 heteroatoms. The van der Waals surface area contributed by atoms with Crippen LogP contribution < -0.4 is 5.32 Å². The fraction of sp³-hybridized carbons (Fsp3) is 0.308. The Kier molecular flexibility index (Phi) is 4.97. The van der Waals surface area contributed by atoms with Crippen LogP contribution in [0, 0.1) is 0 Å². The van der Waals surface area contributed by atoms with Gasteiger partial charge in [0.05, 0.1) is 10.3 Å². The number of hydrogen-bond acceptors (Lipinski definition) is 4. The molecule has 0 bridgehead atoms. The first-order valence-corrected chi connectivity index (χ1v) is 6.97. The summed E-state index contributed by atoms with van der Waals surface area (Å²) in [5.74, 6) is 0.896. The van der Waals surface area contributed by atoms with Gasteiger partial charge in [-0.3, -0.25) is 4.79 Å². The third-order valence-corrected chi connectivity index (χ3v) is 3.57. The van der Waals surface area contributed by atoms with Crippen LogP contribution in [-0.2, 0) is 11.2 Å². The Hall–Kier alpha value is -1.82. The number of rotatable bonds is 6. The molecule has 0 saturated carbocycles. The maximum absolute atomic E-state index is 11.9. The summed E-state index contributed by atoms with van der Waals surface area (Å²) >= 11 is 1.45. The smallest absolute Gasteiger partial charge is 0.233 e. The number of thioether (sulfide) groups is 1. The van der Waals surface area contributed by atoms with Crippen molar-refractivity contribution in [2.75, 3.05) is 6.54 Å². The van der Waals surface area contributed by atoms with Crippen molar-refractivity contribution in [3.8, 4) is 0 Å². The van der Waals surface area contributed by atoms with Gasteiger partial charge >= 0.3 is 0 Å². The number of carbonyl (C=O) groups excluding carboxylic acids is 1. The van der Waals surface area contributed by atoms with Gasteiger partial charge in [-0.1, -0.05) is 17.8 Å². The second-order valence-electron chi connectivity index (χ2n) is 4.00. The number of carbonyl (C=O) groups is 1. The number of aromatic amines is 1. The first-order valence-electron chi connectivity index (χ1n) is 6.09. The summed E-state index contributed by atoms with van der Waals surface area (Å²) in [5.41, 5.74) is 0. The maximum Gasteiger partial charge on any atom is 0.233 e.